The standard InChI is InChI=1S/C13H29N3O/c1-6-11(4)16(5)8-7-15-13(17)12(9-14)10(2)3/h10-12H,6-9,14H2,1-5H3,(H,15,17). The molecule has 0 spiro atoms. The highest BCUT2D eigenvalue weighted by Crippen LogP contribution is 2.08. The highest BCUT2D eigenvalue weighted by Gasteiger charge is 2.19. The number of hydrogen-bond acceptors (Lipinski definition) is 3. The fourth-order valence-electron chi connectivity index (χ4n) is 1.70. The Hall–Kier alpha value is -0.610. The van der Waals surface area contributed by atoms with Crippen LogP contribution in [-0.4, -0.2) is 43.5 Å². The summed E-state index contributed by atoms with van der Waals surface area (Å²) in [6.07, 6.45) is 1.13. The van der Waals surface area contributed by atoms with Gasteiger partial charge in [-0.05, 0) is 26.3 Å². The number of likely N-dealkylation sites (N-methyl/N-ethyl adjacent to an activating group) is 1. The maximum absolute atomic E-state index is 11.8. The van der Waals surface area contributed by atoms with Crippen molar-refractivity contribution in [2.24, 2.45) is 17.6 Å². The smallest absolute Gasteiger partial charge is 0.224 e. The topological polar surface area (TPSA) is 58.4 Å². The number of nitrogens with one attached hydrogen (secondary N) is 1. The number of nitrogens with zero attached hydrogens (tertiary/aromatic N) is 1. The van der Waals surface area contributed by atoms with Crippen molar-refractivity contribution < 1.29 is 4.79 Å². The van der Waals surface area contributed by atoms with Gasteiger partial charge in [-0.2, -0.15) is 0 Å². The predicted octanol–water partition coefficient (Wildman–Crippen LogP) is 1.06. The Balaban J connectivity index is 3.92. The number of carbonyl (C=O) groups excluding carboxylic acids is 1. The molecule has 2 atom stereocenters. The van der Waals surface area contributed by atoms with Gasteiger partial charge in [0.25, 0.3) is 0 Å². The van der Waals surface area contributed by atoms with Crippen LogP contribution in [0.15, 0.2) is 0 Å². The largest absolute Gasteiger partial charge is 0.355 e. The maximum atomic E-state index is 11.8. The second kappa shape index (κ2) is 8.48. The van der Waals surface area contributed by atoms with Crippen LogP contribution in [0.25, 0.3) is 0 Å². The molecule has 0 aromatic carbocycles. The molecule has 0 aliphatic carbocycles. The first-order valence-corrected chi connectivity index (χ1v) is 6.62. The van der Waals surface area contributed by atoms with E-state index in [9.17, 15) is 4.79 Å². The molecular formula is C13H29N3O. The second-order valence-corrected chi connectivity index (χ2v) is 5.12. The van der Waals surface area contributed by atoms with Gasteiger partial charge in [-0.15, -0.1) is 0 Å². The summed E-state index contributed by atoms with van der Waals surface area (Å²) in [5.41, 5.74) is 5.60. The van der Waals surface area contributed by atoms with Crippen LogP contribution in [0.2, 0.25) is 0 Å². The van der Waals surface area contributed by atoms with E-state index >= 15 is 0 Å². The van der Waals surface area contributed by atoms with E-state index in [1.165, 1.54) is 0 Å². The zero-order chi connectivity index (χ0) is 13.4. The van der Waals surface area contributed by atoms with E-state index in [1.54, 1.807) is 0 Å². The molecule has 0 fully saturated rings. The molecule has 2 unspecified atom stereocenters. The minimum absolute atomic E-state index is 0.0658. The summed E-state index contributed by atoms with van der Waals surface area (Å²) in [4.78, 5) is 14.1. The minimum atomic E-state index is -0.0658. The first kappa shape index (κ1) is 16.4. The lowest BCUT2D eigenvalue weighted by molar-refractivity contribution is -0.126. The second-order valence-electron chi connectivity index (χ2n) is 5.12. The van der Waals surface area contributed by atoms with Crippen LogP contribution >= 0.6 is 0 Å². The summed E-state index contributed by atoms with van der Waals surface area (Å²) in [7, 11) is 2.09. The average Bonchev–Trinajstić information content (AvgIpc) is 2.28. The fraction of sp³-hybridized carbons (Fsp3) is 0.923. The van der Waals surface area contributed by atoms with Gasteiger partial charge in [0.1, 0.15) is 0 Å². The van der Waals surface area contributed by atoms with Crippen LogP contribution in [0.5, 0.6) is 0 Å². The molecule has 0 aromatic rings. The fourth-order valence-corrected chi connectivity index (χ4v) is 1.70. The van der Waals surface area contributed by atoms with Gasteiger partial charge in [-0.1, -0.05) is 20.8 Å². The monoisotopic (exact) mass is 243 g/mol. The van der Waals surface area contributed by atoms with Crippen molar-refractivity contribution in [3.05, 3.63) is 0 Å². The lowest BCUT2D eigenvalue weighted by atomic mass is 9.95. The van der Waals surface area contributed by atoms with Crippen LogP contribution in [0.1, 0.15) is 34.1 Å². The summed E-state index contributed by atoms with van der Waals surface area (Å²) in [5, 5.41) is 2.96. The Morgan fingerprint density at radius 3 is 2.35 bits per heavy atom. The van der Waals surface area contributed by atoms with Crippen molar-refractivity contribution in [2.75, 3.05) is 26.7 Å². The van der Waals surface area contributed by atoms with Crippen molar-refractivity contribution >= 4 is 5.91 Å². The molecule has 3 N–H and O–H groups in total. The summed E-state index contributed by atoms with van der Waals surface area (Å²) in [5.74, 6) is 0.316. The van der Waals surface area contributed by atoms with Gasteiger partial charge in [-0.25, -0.2) is 0 Å². The van der Waals surface area contributed by atoms with Crippen molar-refractivity contribution in [1.29, 1.82) is 0 Å². The average molecular weight is 243 g/mol. The number of amides is 1. The Morgan fingerprint density at radius 1 is 1.35 bits per heavy atom. The Morgan fingerprint density at radius 2 is 1.94 bits per heavy atom. The third-order valence-corrected chi connectivity index (χ3v) is 3.50. The molecule has 0 aliphatic rings. The van der Waals surface area contributed by atoms with Crippen LogP contribution in [-0.2, 0) is 4.79 Å². The van der Waals surface area contributed by atoms with Crippen molar-refractivity contribution in [3.8, 4) is 0 Å². The first-order valence-electron chi connectivity index (χ1n) is 6.62. The van der Waals surface area contributed by atoms with Gasteiger partial charge in [-0.3, -0.25) is 4.79 Å². The minimum Gasteiger partial charge on any atom is -0.355 e. The molecule has 4 nitrogen and oxygen atoms in total. The number of hydrogen-bond donors (Lipinski definition) is 2. The first-order chi connectivity index (χ1) is 7.93. The molecule has 0 aromatic heterocycles. The van der Waals surface area contributed by atoms with Gasteiger partial charge >= 0.3 is 0 Å². The van der Waals surface area contributed by atoms with Crippen LogP contribution in [0.4, 0.5) is 0 Å². The van der Waals surface area contributed by atoms with Crippen molar-refractivity contribution in [2.45, 2.75) is 40.2 Å². The lowest BCUT2D eigenvalue weighted by Gasteiger charge is -2.24. The van der Waals surface area contributed by atoms with Crippen LogP contribution in [0, 0.1) is 11.8 Å². The predicted molar refractivity (Wildman–Crippen MR) is 72.8 cm³/mol. The maximum Gasteiger partial charge on any atom is 0.224 e. The van der Waals surface area contributed by atoms with E-state index < -0.39 is 0 Å². The van der Waals surface area contributed by atoms with E-state index in [0.717, 1.165) is 13.0 Å². The van der Waals surface area contributed by atoms with E-state index in [-0.39, 0.29) is 11.8 Å². The summed E-state index contributed by atoms with van der Waals surface area (Å²) >= 11 is 0. The lowest BCUT2D eigenvalue weighted by Crippen LogP contribution is -2.42. The van der Waals surface area contributed by atoms with E-state index in [1.807, 2.05) is 13.8 Å². The quantitative estimate of drug-likeness (QED) is 0.670. The Bertz CT molecular complexity index is 219. The molecule has 0 rings (SSSR count). The van der Waals surface area contributed by atoms with Gasteiger partial charge < -0.3 is 16.0 Å². The van der Waals surface area contributed by atoms with Gasteiger partial charge in [0.15, 0.2) is 0 Å². The highest BCUT2D eigenvalue weighted by molar-refractivity contribution is 5.79. The molecule has 0 heterocycles. The molecule has 0 saturated carbocycles. The van der Waals surface area contributed by atoms with E-state index in [4.69, 9.17) is 5.73 Å². The molecular weight excluding hydrogens is 214 g/mol. The third-order valence-electron chi connectivity index (χ3n) is 3.50. The van der Waals surface area contributed by atoms with Gasteiger partial charge in [0.05, 0.1) is 5.92 Å². The van der Waals surface area contributed by atoms with Crippen LogP contribution in [0.3, 0.4) is 0 Å². The molecule has 0 radical (unpaired) electrons. The Labute approximate surface area is 106 Å². The summed E-state index contributed by atoms with van der Waals surface area (Å²) < 4.78 is 0. The molecule has 1 amide bonds. The molecule has 0 aliphatic heterocycles. The number of rotatable bonds is 8. The highest BCUT2D eigenvalue weighted by atomic mass is 16.1. The van der Waals surface area contributed by atoms with Gasteiger partial charge in [0.2, 0.25) is 5.91 Å². The zero-order valence-corrected chi connectivity index (χ0v) is 12.0. The van der Waals surface area contributed by atoms with Crippen molar-refractivity contribution in [1.82, 2.24) is 10.2 Å². The molecule has 0 saturated heterocycles. The van der Waals surface area contributed by atoms with Crippen molar-refractivity contribution in [3.63, 3.8) is 0 Å². The van der Waals surface area contributed by atoms with E-state index in [2.05, 4.69) is 31.1 Å². The summed E-state index contributed by atoms with van der Waals surface area (Å²) in [6, 6.07) is 0.558. The molecule has 0 bridgehead atoms. The normalized spacial score (nSPS) is 15.1. The third kappa shape index (κ3) is 6.03. The SMILES string of the molecule is CCC(C)N(C)CCNC(=O)C(CN)C(C)C. The number of carbonyl (C=O) groups is 1. The van der Waals surface area contributed by atoms with Crippen LogP contribution < -0.4 is 11.1 Å². The molecule has 4 heteroatoms. The summed E-state index contributed by atoms with van der Waals surface area (Å²) in [6.45, 7) is 10.4. The Kier molecular flexibility index (Phi) is 8.17. The molecule has 17 heavy (non-hydrogen) atoms. The number of nitrogens with two attached hydrogens (primary N) is 1. The molecule has 102 valence electrons. The van der Waals surface area contributed by atoms with Gasteiger partial charge in [0, 0.05) is 25.7 Å². The van der Waals surface area contributed by atoms with E-state index in [0.29, 0.717) is 25.0 Å². The zero-order valence-electron chi connectivity index (χ0n) is 12.0.